The molecular weight excluding hydrogens is 1530 g/mol. The zero-order valence-electron chi connectivity index (χ0n) is 82.6. The fourth-order valence-electron chi connectivity index (χ4n) is 10.4. The van der Waals surface area contributed by atoms with E-state index in [2.05, 4.69) is 329 Å². The van der Waals surface area contributed by atoms with E-state index in [-0.39, 0.29) is 19.1 Å². The van der Waals surface area contributed by atoms with Crippen LogP contribution in [0.25, 0.3) is 0 Å². The van der Waals surface area contributed by atoms with Gasteiger partial charge in [0.2, 0.25) is 17.7 Å². The Labute approximate surface area is 743 Å². The molecule has 0 N–H and O–H groups in total. The zero-order chi connectivity index (χ0) is 90.6. The summed E-state index contributed by atoms with van der Waals surface area (Å²) in [6, 6.07) is 19.2. The largest absolute Gasteiger partial charge is 0.448 e. The molecule has 0 aliphatic heterocycles. The first-order valence-corrected chi connectivity index (χ1v) is 47.9. The highest BCUT2D eigenvalue weighted by Gasteiger charge is 2.16. The first kappa shape index (κ1) is 117. The van der Waals surface area contributed by atoms with Crippen molar-refractivity contribution in [3.63, 3.8) is 0 Å². The van der Waals surface area contributed by atoms with Gasteiger partial charge in [0.15, 0.2) is 17.5 Å². The first-order valence-electron chi connectivity index (χ1n) is 45.2. The maximum absolute atomic E-state index is 11.7. The number of carbonyl (C=O) groups excluding carboxylic acids is 1. The normalized spacial score (nSPS) is 11.3. The smallest absolute Gasteiger partial charge is 0.229 e. The number of pyridine rings is 1. The maximum Gasteiger partial charge on any atom is 0.229 e. The van der Waals surface area contributed by atoms with Crippen molar-refractivity contribution in [1.29, 1.82) is 0 Å². The second kappa shape index (κ2) is 65.8. The highest BCUT2D eigenvalue weighted by molar-refractivity contribution is 7.99. The Morgan fingerprint density at radius 1 is 0.429 bits per heavy atom. The van der Waals surface area contributed by atoms with Crippen LogP contribution < -0.4 is 0 Å². The molecular formula is C102H179N9O5S3. The van der Waals surface area contributed by atoms with E-state index in [0.717, 1.165) is 120 Å². The lowest BCUT2D eigenvalue weighted by molar-refractivity contribution is 0.0710. The standard InChI is InChI=1S/C13H18O.C13H20.C12H19N.C10H17NO.C10H17NS.2C9H16N2O.C9H16N2S.C8H18O.C8H18S.CH4/c1-9(2)11-6-5-7-12(8-11)13(14)10(3)4;1-10(2)8-12-6-5-7-13(9-12)11(3)4;1-9(2)5-11-6-12(10(3)4)8-13-7-11;1-7(2)5-9-6-12-10(11-9)8(3)4;1-7(2)5-10-11-6-9(12-10)8(3)4;1-6(2)5-8-10-11-9(12-8)7(3)4;1-6(2)5-8-10-9(7(3)4)12-11-8;1-6(2)5-8-10-11-9(12-8)7(3)4;2*1-7(2)5-6-9-8(3)4;/h5-10H,1-4H3;5-7,9-11H,8H2,1-4H3;6-10H,5H2,1-4H3;2*6-8H,5H2,1-4H3;3*6-7H,5H2,1-4H3;2*7-8H,5-6H2,1-4H3;1H4. The van der Waals surface area contributed by atoms with Gasteiger partial charge in [-0.05, 0) is 168 Å². The summed E-state index contributed by atoms with van der Waals surface area (Å²) in [5.41, 5.74) is 8.79. The minimum absolute atomic E-state index is 0. The molecule has 8 aromatic rings. The Bertz CT molecular complexity index is 3330. The summed E-state index contributed by atoms with van der Waals surface area (Å²) in [5.74, 6) is 15.8. The van der Waals surface area contributed by atoms with Gasteiger partial charge < -0.3 is 18.1 Å². The highest BCUT2D eigenvalue weighted by Crippen LogP contribution is 2.26. The second-order valence-electron chi connectivity index (χ2n) is 38.6. The van der Waals surface area contributed by atoms with Crippen molar-refractivity contribution in [2.45, 2.75) is 401 Å². The van der Waals surface area contributed by atoms with E-state index in [1.807, 2.05) is 89.7 Å². The van der Waals surface area contributed by atoms with E-state index in [0.29, 0.717) is 83.0 Å². The first-order chi connectivity index (χ1) is 54.9. The van der Waals surface area contributed by atoms with Crippen LogP contribution in [0.5, 0.6) is 0 Å². The molecule has 17 heteroatoms. The number of nitrogens with zero attached hydrogens (tertiary/aromatic N) is 9. The Hall–Kier alpha value is -5.75. The summed E-state index contributed by atoms with van der Waals surface area (Å²) in [6.45, 7) is 87.5. The van der Waals surface area contributed by atoms with E-state index >= 15 is 0 Å². The summed E-state index contributed by atoms with van der Waals surface area (Å²) < 4.78 is 21.2. The molecule has 2 aromatic carbocycles. The van der Waals surface area contributed by atoms with Gasteiger partial charge in [-0.15, -0.1) is 43.1 Å². The Morgan fingerprint density at radius 2 is 0.933 bits per heavy atom. The van der Waals surface area contributed by atoms with Crippen molar-refractivity contribution >= 4 is 40.2 Å². The minimum atomic E-state index is 0. The third-order valence-electron chi connectivity index (χ3n) is 17.1. The average Bonchev–Trinajstić information content (AvgIpc) is 1.88. The fraction of sp³-hybridized carbons (Fsp3) is 0.706. The van der Waals surface area contributed by atoms with Crippen LogP contribution in [0.1, 0.15) is 438 Å². The number of aromatic nitrogens is 9. The summed E-state index contributed by atoms with van der Waals surface area (Å²) in [7, 11) is 0. The van der Waals surface area contributed by atoms with Gasteiger partial charge in [-0.2, -0.15) is 16.7 Å². The van der Waals surface area contributed by atoms with Crippen molar-refractivity contribution in [2.75, 3.05) is 12.4 Å². The van der Waals surface area contributed by atoms with Crippen LogP contribution in [0.3, 0.4) is 0 Å². The van der Waals surface area contributed by atoms with Crippen LogP contribution in [-0.2, 0) is 49.7 Å². The minimum Gasteiger partial charge on any atom is -0.448 e. The molecule has 0 atom stereocenters. The number of oxazole rings is 1. The number of ketones is 1. The maximum atomic E-state index is 11.7. The van der Waals surface area contributed by atoms with Crippen molar-refractivity contribution < 1.29 is 22.9 Å². The number of rotatable bonds is 32. The SMILES string of the molecule is C.CC(C)C(=O)c1cccc(C(C)C)c1.CC(C)CCOC(C)C.CC(C)CCSC(C)C.CC(C)Cc1cccc(C(C)C)c1.CC(C)Cc1cncc(C(C)C)c1.CC(C)Cc1coc(C(C)C)n1.CC(C)Cc1ncc(C(C)C)s1.CC(C)Cc1nnc(C(C)C)o1.CC(C)Cc1nnc(C(C)C)s1.CC(C)Cc1noc(C(C)C)n1. The van der Waals surface area contributed by atoms with Gasteiger partial charge in [-0.1, -0.05) is 324 Å². The Morgan fingerprint density at radius 3 is 1.36 bits per heavy atom. The number of hydrogen-bond donors (Lipinski definition) is 0. The third kappa shape index (κ3) is 61.3. The lowest BCUT2D eigenvalue weighted by Gasteiger charge is -2.09. The van der Waals surface area contributed by atoms with Crippen molar-refractivity contribution in [3.05, 3.63) is 168 Å². The second-order valence-corrected chi connectivity index (χ2v) is 42.5. The van der Waals surface area contributed by atoms with Crippen LogP contribution in [-0.4, -0.2) is 75.0 Å². The van der Waals surface area contributed by atoms with Gasteiger partial charge in [0.05, 0.1) is 16.8 Å². The molecule has 680 valence electrons. The molecule has 0 saturated heterocycles. The molecule has 8 rings (SSSR count). The number of benzene rings is 2. The molecule has 0 saturated carbocycles. The monoisotopic (exact) mass is 1710 g/mol. The molecule has 6 heterocycles. The van der Waals surface area contributed by atoms with Crippen LogP contribution >= 0.6 is 34.4 Å². The van der Waals surface area contributed by atoms with E-state index < -0.39 is 0 Å². The number of ether oxygens (including phenoxy) is 1. The van der Waals surface area contributed by atoms with Gasteiger partial charge in [-0.25, -0.2) is 9.97 Å². The highest BCUT2D eigenvalue weighted by atomic mass is 32.2. The van der Waals surface area contributed by atoms with Crippen molar-refractivity contribution in [2.24, 2.45) is 59.2 Å². The predicted octanol–water partition coefficient (Wildman–Crippen LogP) is 31.4. The van der Waals surface area contributed by atoms with E-state index in [1.54, 1.807) is 17.6 Å². The van der Waals surface area contributed by atoms with E-state index in [9.17, 15) is 4.79 Å². The molecule has 0 spiro atoms. The molecule has 0 radical (unpaired) electrons. The molecule has 0 aliphatic rings. The van der Waals surface area contributed by atoms with Crippen LogP contribution in [0.4, 0.5) is 0 Å². The van der Waals surface area contributed by atoms with Gasteiger partial charge in [0, 0.05) is 90.9 Å². The van der Waals surface area contributed by atoms with Crippen LogP contribution in [0.15, 0.2) is 92.8 Å². The van der Waals surface area contributed by atoms with Crippen LogP contribution in [0.2, 0.25) is 0 Å². The lowest BCUT2D eigenvalue weighted by atomic mass is 9.96. The number of Topliss-reactive ketones (excluding diaryl/α,β-unsaturated/α-hetero) is 1. The zero-order valence-corrected chi connectivity index (χ0v) is 85.1. The van der Waals surface area contributed by atoms with Gasteiger partial charge in [0.25, 0.3) is 0 Å². The van der Waals surface area contributed by atoms with Crippen molar-refractivity contribution in [3.8, 4) is 0 Å². The molecule has 0 unspecified atom stereocenters. The number of thioether (sulfide) groups is 1. The molecule has 0 fully saturated rings. The average molecular weight is 1710 g/mol. The van der Waals surface area contributed by atoms with E-state index in [4.69, 9.17) is 18.1 Å². The topological polar surface area (TPSA) is 182 Å². The number of carbonyl (C=O) groups is 1. The number of thiazole rings is 1. The summed E-state index contributed by atoms with van der Waals surface area (Å²) in [6.07, 6.45) is 18.0. The number of hydrogen-bond acceptors (Lipinski definition) is 17. The molecule has 0 bridgehead atoms. The third-order valence-corrected chi connectivity index (χ3v) is 20.8. The van der Waals surface area contributed by atoms with E-state index in [1.165, 1.54) is 67.7 Å². The van der Waals surface area contributed by atoms with Gasteiger partial charge >= 0.3 is 0 Å². The molecule has 0 amide bonds. The van der Waals surface area contributed by atoms with Gasteiger partial charge in [-0.3, -0.25) is 9.78 Å². The molecule has 119 heavy (non-hydrogen) atoms. The van der Waals surface area contributed by atoms with Crippen molar-refractivity contribution in [1.82, 2.24) is 45.5 Å². The Balaban J connectivity index is -0.00000126. The van der Waals surface area contributed by atoms with Crippen LogP contribution in [0, 0.1) is 59.2 Å². The summed E-state index contributed by atoms with van der Waals surface area (Å²) in [5, 5.41) is 24.5. The molecule has 6 aromatic heterocycles. The summed E-state index contributed by atoms with van der Waals surface area (Å²) >= 11 is 5.66. The fourth-order valence-corrected chi connectivity index (χ4v) is 13.6. The molecule has 14 nitrogen and oxygen atoms in total. The summed E-state index contributed by atoms with van der Waals surface area (Å²) in [4.78, 5) is 30.4. The Kier molecular flexibility index (Phi) is 65.0. The predicted molar refractivity (Wildman–Crippen MR) is 520 cm³/mol. The van der Waals surface area contributed by atoms with Gasteiger partial charge in [0.1, 0.15) is 16.3 Å². The quantitative estimate of drug-likeness (QED) is 0.0363. The lowest BCUT2D eigenvalue weighted by Crippen LogP contribution is -2.07. The molecule has 0 aliphatic carbocycles.